The molecule has 4 heteroatoms. The van der Waals surface area contributed by atoms with Crippen LogP contribution in [0.4, 0.5) is 5.82 Å². The highest BCUT2D eigenvalue weighted by molar-refractivity contribution is 5.84. The van der Waals surface area contributed by atoms with Gasteiger partial charge in [0.05, 0.1) is 0 Å². The van der Waals surface area contributed by atoms with Crippen LogP contribution in [0.15, 0.2) is 18.3 Å². The fourth-order valence-electron chi connectivity index (χ4n) is 2.11. The lowest BCUT2D eigenvalue weighted by Crippen LogP contribution is -2.39. The first kappa shape index (κ1) is 11.9. The van der Waals surface area contributed by atoms with Crippen LogP contribution in [0.2, 0.25) is 0 Å². The maximum absolute atomic E-state index is 12.1. The Hall–Kier alpha value is -1.58. The molecule has 1 aromatic heterocycles. The molecule has 17 heavy (non-hydrogen) atoms. The van der Waals surface area contributed by atoms with E-state index in [0.29, 0.717) is 0 Å². The largest absolute Gasteiger partial charge is 0.359 e. The van der Waals surface area contributed by atoms with Gasteiger partial charge in [-0.15, -0.1) is 0 Å². The highest BCUT2D eigenvalue weighted by atomic mass is 16.2. The van der Waals surface area contributed by atoms with Crippen molar-refractivity contribution in [2.45, 2.75) is 32.7 Å². The summed E-state index contributed by atoms with van der Waals surface area (Å²) in [4.78, 5) is 18.2. The van der Waals surface area contributed by atoms with Crippen LogP contribution in [0, 0.1) is 6.92 Å². The highest BCUT2D eigenvalue weighted by Gasteiger charge is 2.23. The summed E-state index contributed by atoms with van der Waals surface area (Å²) in [5.74, 6) is 0.941. The molecule has 1 fully saturated rings. The number of nitrogens with one attached hydrogen (secondary N) is 1. The summed E-state index contributed by atoms with van der Waals surface area (Å²) in [5.41, 5.74) is 1.14. The molecule has 1 aliphatic heterocycles. The number of likely N-dealkylation sites (tertiary alicyclic amines) is 1. The van der Waals surface area contributed by atoms with Crippen LogP contribution in [-0.4, -0.2) is 34.9 Å². The quantitative estimate of drug-likeness (QED) is 0.866. The van der Waals surface area contributed by atoms with E-state index in [-0.39, 0.29) is 11.9 Å². The van der Waals surface area contributed by atoms with Gasteiger partial charge in [0.25, 0.3) is 0 Å². The summed E-state index contributed by atoms with van der Waals surface area (Å²) >= 11 is 0. The first-order valence-electron chi connectivity index (χ1n) is 6.15. The van der Waals surface area contributed by atoms with Gasteiger partial charge >= 0.3 is 0 Å². The SMILES string of the molecule is Cc1ccnc(NC(C)C(=O)N2CCCC2)c1. The van der Waals surface area contributed by atoms with Crippen LogP contribution in [-0.2, 0) is 4.79 Å². The maximum Gasteiger partial charge on any atom is 0.244 e. The minimum atomic E-state index is -0.206. The molecule has 0 spiro atoms. The molecule has 1 N–H and O–H groups in total. The van der Waals surface area contributed by atoms with Crippen LogP contribution >= 0.6 is 0 Å². The molecule has 1 unspecified atom stereocenters. The van der Waals surface area contributed by atoms with Gasteiger partial charge in [0, 0.05) is 19.3 Å². The van der Waals surface area contributed by atoms with Gasteiger partial charge in [0.15, 0.2) is 0 Å². The van der Waals surface area contributed by atoms with E-state index in [1.54, 1.807) is 6.20 Å². The molecule has 4 nitrogen and oxygen atoms in total. The summed E-state index contributed by atoms with van der Waals surface area (Å²) in [6, 6.07) is 3.69. The van der Waals surface area contributed by atoms with E-state index in [0.717, 1.165) is 37.3 Å². The normalized spacial score (nSPS) is 16.9. The number of amides is 1. The number of aromatic nitrogens is 1. The third-order valence-corrected chi connectivity index (χ3v) is 3.07. The summed E-state index contributed by atoms with van der Waals surface area (Å²) in [5, 5.41) is 3.16. The average Bonchev–Trinajstić information content (AvgIpc) is 2.81. The van der Waals surface area contributed by atoms with E-state index in [2.05, 4.69) is 10.3 Å². The number of nitrogens with zero attached hydrogens (tertiary/aromatic N) is 2. The first-order valence-corrected chi connectivity index (χ1v) is 6.15. The van der Waals surface area contributed by atoms with Crippen molar-refractivity contribution in [2.24, 2.45) is 0 Å². The zero-order valence-corrected chi connectivity index (χ0v) is 10.4. The predicted molar refractivity (Wildman–Crippen MR) is 67.9 cm³/mol. The van der Waals surface area contributed by atoms with Gasteiger partial charge in [-0.2, -0.15) is 0 Å². The molecule has 0 aliphatic carbocycles. The van der Waals surface area contributed by atoms with E-state index in [4.69, 9.17) is 0 Å². The zero-order valence-electron chi connectivity index (χ0n) is 10.4. The van der Waals surface area contributed by atoms with Crippen LogP contribution in [0.1, 0.15) is 25.3 Å². The predicted octanol–water partition coefficient (Wildman–Crippen LogP) is 1.81. The highest BCUT2D eigenvalue weighted by Crippen LogP contribution is 2.12. The maximum atomic E-state index is 12.1. The number of hydrogen-bond acceptors (Lipinski definition) is 3. The second-order valence-corrected chi connectivity index (χ2v) is 4.62. The number of rotatable bonds is 3. The van der Waals surface area contributed by atoms with Crippen molar-refractivity contribution in [1.82, 2.24) is 9.88 Å². The summed E-state index contributed by atoms with van der Waals surface area (Å²) in [7, 11) is 0. The van der Waals surface area contributed by atoms with Crippen LogP contribution < -0.4 is 5.32 Å². The summed E-state index contributed by atoms with van der Waals surface area (Å²) in [6.07, 6.45) is 4.01. The Balaban J connectivity index is 1.96. The van der Waals surface area contributed by atoms with Crippen molar-refractivity contribution in [3.8, 4) is 0 Å². The van der Waals surface area contributed by atoms with E-state index in [9.17, 15) is 4.79 Å². The van der Waals surface area contributed by atoms with Gasteiger partial charge in [0.2, 0.25) is 5.91 Å². The van der Waals surface area contributed by atoms with E-state index < -0.39 is 0 Å². The van der Waals surface area contributed by atoms with Crippen molar-refractivity contribution in [2.75, 3.05) is 18.4 Å². The number of carbonyl (C=O) groups is 1. The first-order chi connectivity index (χ1) is 8.16. The third kappa shape index (κ3) is 2.96. The molecular formula is C13H19N3O. The molecule has 92 valence electrons. The van der Waals surface area contributed by atoms with Gasteiger partial charge in [-0.1, -0.05) is 0 Å². The molecular weight excluding hydrogens is 214 g/mol. The Morgan fingerprint density at radius 3 is 2.82 bits per heavy atom. The molecule has 1 saturated heterocycles. The van der Waals surface area contributed by atoms with Crippen molar-refractivity contribution in [1.29, 1.82) is 0 Å². The Labute approximate surface area is 102 Å². The molecule has 2 heterocycles. The molecule has 1 aromatic rings. The molecule has 0 bridgehead atoms. The minimum Gasteiger partial charge on any atom is -0.359 e. The Bertz CT molecular complexity index is 399. The minimum absolute atomic E-state index is 0.172. The molecule has 1 atom stereocenters. The third-order valence-electron chi connectivity index (χ3n) is 3.07. The Morgan fingerprint density at radius 1 is 1.47 bits per heavy atom. The van der Waals surface area contributed by atoms with Crippen molar-refractivity contribution >= 4 is 11.7 Å². The molecule has 2 rings (SSSR count). The monoisotopic (exact) mass is 233 g/mol. The number of anilines is 1. The molecule has 0 saturated carbocycles. The molecule has 0 radical (unpaired) electrons. The number of hydrogen-bond donors (Lipinski definition) is 1. The van der Waals surface area contributed by atoms with Crippen LogP contribution in [0.25, 0.3) is 0 Å². The lowest BCUT2D eigenvalue weighted by atomic mass is 10.2. The van der Waals surface area contributed by atoms with Crippen LogP contribution in [0.3, 0.4) is 0 Å². The van der Waals surface area contributed by atoms with Gasteiger partial charge in [-0.3, -0.25) is 4.79 Å². The Kier molecular flexibility index (Phi) is 3.61. The lowest BCUT2D eigenvalue weighted by Gasteiger charge is -2.21. The van der Waals surface area contributed by atoms with E-state index >= 15 is 0 Å². The van der Waals surface area contributed by atoms with E-state index in [1.807, 2.05) is 30.9 Å². The standard InChI is InChI=1S/C13H19N3O/c1-10-5-6-14-12(9-10)15-11(2)13(17)16-7-3-4-8-16/h5-6,9,11H,3-4,7-8H2,1-2H3,(H,14,15). The lowest BCUT2D eigenvalue weighted by molar-refractivity contribution is -0.130. The van der Waals surface area contributed by atoms with Crippen molar-refractivity contribution < 1.29 is 4.79 Å². The van der Waals surface area contributed by atoms with Crippen molar-refractivity contribution in [3.63, 3.8) is 0 Å². The number of aryl methyl sites for hydroxylation is 1. The Morgan fingerprint density at radius 2 is 2.18 bits per heavy atom. The fraction of sp³-hybridized carbons (Fsp3) is 0.538. The smallest absolute Gasteiger partial charge is 0.244 e. The number of carbonyl (C=O) groups excluding carboxylic acids is 1. The van der Waals surface area contributed by atoms with Gasteiger partial charge < -0.3 is 10.2 Å². The summed E-state index contributed by atoms with van der Waals surface area (Å²) < 4.78 is 0. The average molecular weight is 233 g/mol. The van der Waals surface area contributed by atoms with E-state index in [1.165, 1.54) is 0 Å². The van der Waals surface area contributed by atoms with Gasteiger partial charge in [-0.05, 0) is 44.4 Å². The molecule has 0 aromatic carbocycles. The molecule has 1 aliphatic rings. The second-order valence-electron chi connectivity index (χ2n) is 4.62. The van der Waals surface area contributed by atoms with Crippen LogP contribution in [0.5, 0.6) is 0 Å². The molecule has 1 amide bonds. The zero-order chi connectivity index (χ0) is 12.3. The van der Waals surface area contributed by atoms with Crippen molar-refractivity contribution in [3.05, 3.63) is 23.9 Å². The second kappa shape index (κ2) is 5.17. The van der Waals surface area contributed by atoms with Gasteiger partial charge in [0.1, 0.15) is 11.9 Å². The topological polar surface area (TPSA) is 45.2 Å². The number of pyridine rings is 1. The fourth-order valence-corrected chi connectivity index (χ4v) is 2.11. The summed E-state index contributed by atoms with van der Waals surface area (Å²) in [6.45, 7) is 5.70. The van der Waals surface area contributed by atoms with Gasteiger partial charge in [-0.25, -0.2) is 4.98 Å².